The summed E-state index contributed by atoms with van der Waals surface area (Å²) in [6.45, 7) is 4.76. The number of ether oxygens (including phenoxy) is 1. The summed E-state index contributed by atoms with van der Waals surface area (Å²) in [5.41, 5.74) is 8.44. The number of aryl methyl sites for hydroxylation is 1. The van der Waals surface area contributed by atoms with Gasteiger partial charge in [0.05, 0.1) is 11.4 Å². The highest BCUT2D eigenvalue weighted by Gasteiger charge is 2.30. The van der Waals surface area contributed by atoms with Crippen LogP contribution in [0.1, 0.15) is 30.5 Å². The molecular weight excluding hydrogens is 246 g/mol. The van der Waals surface area contributed by atoms with Crippen LogP contribution >= 0.6 is 0 Å². The Bertz CT molecular complexity index is 436. The van der Waals surface area contributed by atoms with Crippen LogP contribution in [0.5, 0.6) is 0 Å². The van der Waals surface area contributed by atoms with Gasteiger partial charge in [0.25, 0.3) is 0 Å². The molecule has 2 N–H and O–H groups in total. The Morgan fingerprint density at radius 2 is 2.22 bits per heavy atom. The average molecular weight is 267 g/mol. The van der Waals surface area contributed by atoms with E-state index in [-0.39, 0.29) is 17.4 Å². The van der Waals surface area contributed by atoms with Crippen LogP contribution in [0.3, 0.4) is 0 Å². The molecule has 1 saturated heterocycles. The molecule has 3 nitrogen and oxygen atoms in total. The quantitative estimate of drug-likeness (QED) is 0.907. The van der Waals surface area contributed by atoms with Crippen molar-refractivity contribution in [2.45, 2.75) is 37.7 Å². The first-order chi connectivity index (χ1) is 8.59. The summed E-state index contributed by atoms with van der Waals surface area (Å²) >= 11 is 0. The number of benzene rings is 1. The minimum Gasteiger partial charge on any atom is -0.377 e. The van der Waals surface area contributed by atoms with Crippen molar-refractivity contribution in [2.24, 2.45) is 5.73 Å². The highest BCUT2D eigenvalue weighted by atomic mass is 32.2. The van der Waals surface area contributed by atoms with E-state index in [1.165, 1.54) is 0 Å². The predicted octanol–water partition coefficient (Wildman–Crippen LogP) is 1.92. The fraction of sp³-hybridized carbons (Fsp3) is 0.571. The van der Waals surface area contributed by atoms with E-state index >= 15 is 0 Å². The highest BCUT2D eigenvalue weighted by Crippen LogP contribution is 2.22. The summed E-state index contributed by atoms with van der Waals surface area (Å²) in [6, 6.07) is 7.88. The van der Waals surface area contributed by atoms with Gasteiger partial charge in [0.1, 0.15) is 0 Å². The van der Waals surface area contributed by atoms with E-state index in [1.54, 1.807) is 0 Å². The zero-order chi connectivity index (χ0) is 13.1. The molecule has 2 rings (SSSR count). The van der Waals surface area contributed by atoms with E-state index < -0.39 is 10.8 Å². The summed E-state index contributed by atoms with van der Waals surface area (Å²) in [6.07, 6.45) is 0.976. The van der Waals surface area contributed by atoms with Crippen LogP contribution in [0, 0.1) is 6.92 Å². The monoisotopic (exact) mass is 267 g/mol. The van der Waals surface area contributed by atoms with E-state index in [4.69, 9.17) is 10.5 Å². The van der Waals surface area contributed by atoms with E-state index in [9.17, 15) is 4.21 Å². The molecule has 0 spiro atoms. The Labute approximate surface area is 111 Å². The molecule has 1 aromatic carbocycles. The van der Waals surface area contributed by atoms with Crippen molar-refractivity contribution in [3.05, 3.63) is 35.4 Å². The maximum Gasteiger partial charge on any atom is 0.0691 e. The fourth-order valence-electron chi connectivity index (χ4n) is 2.45. The van der Waals surface area contributed by atoms with E-state index in [2.05, 4.69) is 0 Å². The molecule has 0 aliphatic carbocycles. The van der Waals surface area contributed by atoms with Crippen LogP contribution in [0.15, 0.2) is 24.3 Å². The van der Waals surface area contributed by atoms with Gasteiger partial charge in [0.15, 0.2) is 0 Å². The van der Waals surface area contributed by atoms with Crippen LogP contribution in [0.25, 0.3) is 0 Å². The smallest absolute Gasteiger partial charge is 0.0691 e. The lowest BCUT2D eigenvalue weighted by molar-refractivity contribution is 0.127. The lowest BCUT2D eigenvalue weighted by Gasteiger charge is -2.18. The molecule has 4 heteroatoms. The van der Waals surface area contributed by atoms with Crippen molar-refractivity contribution in [3.8, 4) is 0 Å². The number of rotatable bonds is 4. The highest BCUT2D eigenvalue weighted by molar-refractivity contribution is 7.85. The molecule has 0 radical (unpaired) electrons. The molecule has 1 aliphatic rings. The van der Waals surface area contributed by atoms with Gasteiger partial charge in [-0.15, -0.1) is 0 Å². The van der Waals surface area contributed by atoms with Crippen molar-refractivity contribution in [1.82, 2.24) is 0 Å². The van der Waals surface area contributed by atoms with Gasteiger partial charge in [-0.3, -0.25) is 4.21 Å². The molecule has 0 aromatic heterocycles. The van der Waals surface area contributed by atoms with Crippen molar-refractivity contribution in [2.75, 3.05) is 12.4 Å². The minimum atomic E-state index is -0.914. The molecule has 4 atom stereocenters. The molecular formula is C14H21NO2S. The Morgan fingerprint density at radius 3 is 2.83 bits per heavy atom. The van der Waals surface area contributed by atoms with Crippen LogP contribution in [0.2, 0.25) is 0 Å². The van der Waals surface area contributed by atoms with Crippen molar-refractivity contribution < 1.29 is 8.95 Å². The van der Waals surface area contributed by atoms with Gasteiger partial charge < -0.3 is 10.5 Å². The Kier molecular flexibility index (Phi) is 4.54. The third-order valence-corrected chi connectivity index (χ3v) is 5.56. The largest absolute Gasteiger partial charge is 0.377 e. The van der Waals surface area contributed by atoms with Gasteiger partial charge in [-0.25, -0.2) is 0 Å². The second-order valence-electron chi connectivity index (χ2n) is 4.91. The van der Waals surface area contributed by atoms with Crippen molar-refractivity contribution in [3.63, 3.8) is 0 Å². The molecule has 0 bridgehead atoms. The SMILES string of the molecule is Cc1ccccc1C(N)CS(=O)C1CCOC1C. The van der Waals surface area contributed by atoms with Gasteiger partial charge in [0, 0.05) is 29.2 Å². The molecule has 100 valence electrons. The summed E-state index contributed by atoms with van der Waals surface area (Å²) in [5, 5.41) is 0.139. The van der Waals surface area contributed by atoms with Crippen molar-refractivity contribution in [1.29, 1.82) is 0 Å². The molecule has 18 heavy (non-hydrogen) atoms. The van der Waals surface area contributed by atoms with Crippen LogP contribution in [-0.2, 0) is 15.5 Å². The Balaban J connectivity index is 2.01. The lowest BCUT2D eigenvalue weighted by Crippen LogP contribution is -2.29. The zero-order valence-corrected chi connectivity index (χ0v) is 11.8. The first-order valence-electron chi connectivity index (χ1n) is 6.39. The third kappa shape index (κ3) is 2.99. The van der Waals surface area contributed by atoms with Crippen LogP contribution < -0.4 is 5.73 Å². The van der Waals surface area contributed by atoms with Gasteiger partial charge in [0.2, 0.25) is 0 Å². The maximum atomic E-state index is 12.3. The second kappa shape index (κ2) is 5.95. The summed E-state index contributed by atoms with van der Waals surface area (Å²) in [5.74, 6) is 0.517. The number of nitrogens with two attached hydrogens (primary N) is 1. The standard InChI is InChI=1S/C14H21NO2S/c1-10-5-3-4-6-12(10)13(15)9-18(16)14-7-8-17-11(14)2/h3-6,11,13-14H,7-9,15H2,1-2H3. The number of hydrogen-bond acceptors (Lipinski definition) is 3. The van der Waals surface area contributed by atoms with E-state index in [0.29, 0.717) is 5.75 Å². The summed E-state index contributed by atoms with van der Waals surface area (Å²) < 4.78 is 17.8. The normalized spacial score (nSPS) is 27.1. The van der Waals surface area contributed by atoms with Gasteiger partial charge >= 0.3 is 0 Å². The lowest BCUT2D eigenvalue weighted by atomic mass is 10.0. The van der Waals surface area contributed by atoms with Gasteiger partial charge in [-0.2, -0.15) is 0 Å². The van der Waals surface area contributed by atoms with Crippen LogP contribution in [-0.4, -0.2) is 27.9 Å². The average Bonchev–Trinajstić information content (AvgIpc) is 2.76. The predicted molar refractivity (Wildman–Crippen MR) is 74.9 cm³/mol. The molecule has 4 unspecified atom stereocenters. The molecule has 1 heterocycles. The van der Waals surface area contributed by atoms with E-state index in [1.807, 2.05) is 38.1 Å². The Morgan fingerprint density at radius 1 is 1.50 bits per heavy atom. The maximum absolute atomic E-state index is 12.3. The second-order valence-corrected chi connectivity index (χ2v) is 6.61. The summed E-state index contributed by atoms with van der Waals surface area (Å²) in [4.78, 5) is 0. The van der Waals surface area contributed by atoms with Crippen molar-refractivity contribution >= 4 is 10.8 Å². The summed E-state index contributed by atoms with van der Waals surface area (Å²) in [7, 11) is -0.914. The Hall–Kier alpha value is -0.710. The first kappa shape index (κ1) is 13.7. The minimum absolute atomic E-state index is 0.0925. The van der Waals surface area contributed by atoms with Gasteiger partial charge in [-0.05, 0) is 31.4 Å². The first-order valence-corrected chi connectivity index (χ1v) is 7.77. The molecule has 1 aliphatic heterocycles. The molecule has 0 amide bonds. The third-order valence-electron chi connectivity index (χ3n) is 3.58. The molecule has 1 fully saturated rings. The zero-order valence-electron chi connectivity index (χ0n) is 11.0. The van der Waals surface area contributed by atoms with E-state index in [0.717, 1.165) is 24.2 Å². The molecule has 0 saturated carbocycles. The van der Waals surface area contributed by atoms with Crippen LogP contribution in [0.4, 0.5) is 0 Å². The molecule has 1 aromatic rings. The fourth-order valence-corrected chi connectivity index (χ4v) is 4.10. The van der Waals surface area contributed by atoms with Gasteiger partial charge in [-0.1, -0.05) is 24.3 Å². The topological polar surface area (TPSA) is 52.3 Å². The number of hydrogen-bond donors (Lipinski definition) is 1.